The number of fused-ring (bicyclic) bond motifs is 1. The van der Waals surface area contributed by atoms with Crippen LogP contribution in [0.5, 0.6) is 0 Å². The van der Waals surface area contributed by atoms with E-state index in [0.717, 1.165) is 11.0 Å². The van der Waals surface area contributed by atoms with Crippen molar-refractivity contribution in [2.45, 2.75) is 24.5 Å². The molecule has 142 valence electrons. The molecule has 3 rings (SSSR count). The van der Waals surface area contributed by atoms with Crippen LogP contribution in [0.25, 0.3) is 0 Å². The van der Waals surface area contributed by atoms with Gasteiger partial charge in [-0.3, -0.25) is 0 Å². The molecule has 0 amide bonds. The molecule has 1 aromatic rings. The Kier molecular flexibility index (Phi) is 4.56. The first-order valence-corrected chi connectivity index (χ1v) is 7.74. The number of halogens is 6. The van der Waals surface area contributed by atoms with Crippen molar-refractivity contribution in [3.63, 3.8) is 0 Å². The van der Waals surface area contributed by atoms with Gasteiger partial charge in [-0.15, -0.1) is 0 Å². The molecule has 1 aromatic carbocycles. The van der Waals surface area contributed by atoms with Crippen LogP contribution in [0.15, 0.2) is 18.2 Å². The molecule has 2 fully saturated rings. The quantitative estimate of drug-likeness (QED) is 0.802. The van der Waals surface area contributed by atoms with Crippen molar-refractivity contribution in [3.8, 4) is 6.07 Å². The summed E-state index contributed by atoms with van der Waals surface area (Å²) < 4.78 is 83.9. The molecule has 2 saturated heterocycles. The van der Waals surface area contributed by atoms with Crippen molar-refractivity contribution < 1.29 is 36.2 Å². The van der Waals surface area contributed by atoms with Crippen molar-refractivity contribution in [1.29, 1.82) is 5.26 Å². The number of ether oxygens (including phenoxy) is 1. The lowest BCUT2D eigenvalue weighted by Crippen LogP contribution is -2.50. The lowest BCUT2D eigenvalue weighted by atomic mass is 9.90. The molecule has 0 aliphatic carbocycles. The average molecular weight is 380 g/mol. The number of hydrogen-bond acceptors (Lipinski definition) is 4. The lowest BCUT2D eigenvalue weighted by Gasteiger charge is -2.34. The number of hydrogen-bond donors (Lipinski definition) is 1. The Bertz CT molecular complexity index is 727. The second-order valence-corrected chi connectivity index (χ2v) is 6.43. The zero-order valence-electron chi connectivity index (χ0n) is 13.2. The highest BCUT2D eigenvalue weighted by Gasteiger charge is 2.55. The number of alkyl halides is 6. The van der Waals surface area contributed by atoms with Crippen LogP contribution in [0.2, 0.25) is 0 Å². The van der Waals surface area contributed by atoms with Crippen LogP contribution >= 0.6 is 0 Å². The third-order valence-corrected chi connectivity index (χ3v) is 4.90. The summed E-state index contributed by atoms with van der Waals surface area (Å²) in [6.45, 7) is 0.220. The summed E-state index contributed by atoms with van der Waals surface area (Å²) in [6, 6.07) is 2.75. The van der Waals surface area contributed by atoms with E-state index in [9.17, 15) is 31.4 Å². The summed E-state index contributed by atoms with van der Waals surface area (Å²) in [5.41, 5.74) is -1.94. The van der Waals surface area contributed by atoms with Crippen LogP contribution in [-0.4, -0.2) is 43.2 Å². The molecule has 0 unspecified atom stereocenters. The van der Waals surface area contributed by atoms with E-state index in [0.29, 0.717) is 6.07 Å². The highest BCUT2D eigenvalue weighted by molar-refractivity contribution is 5.56. The van der Waals surface area contributed by atoms with Crippen LogP contribution in [0.3, 0.4) is 0 Å². The van der Waals surface area contributed by atoms with Crippen molar-refractivity contribution in [3.05, 3.63) is 29.3 Å². The zero-order chi connectivity index (χ0) is 19.3. The number of rotatable bonds is 2. The first-order valence-electron chi connectivity index (χ1n) is 7.74. The van der Waals surface area contributed by atoms with E-state index < -0.39 is 41.5 Å². The Morgan fingerprint density at radius 2 is 1.88 bits per heavy atom. The average Bonchev–Trinajstić information content (AvgIpc) is 3.12. The minimum Gasteiger partial charge on any atom is -0.382 e. The molecule has 0 bridgehead atoms. The third-order valence-electron chi connectivity index (χ3n) is 4.90. The van der Waals surface area contributed by atoms with E-state index in [-0.39, 0.29) is 31.4 Å². The van der Waals surface area contributed by atoms with E-state index in [4.69, 9.17) is 10.00 Å². The maximum absolute atomic E-state index is 13.2. The van der Waals surface area contributed by atoms with Crippen molar-refractivity contribution in [1.82, 2.24) is 0 Å². The van der Waals surface area contributed by atoms with Crippen molar-refractivity contribution in [2.75, 3.05) is 24.7 Å². The van der Waals surface area contributed by atoms with Gasteiger partial charge in [-0.1, -0.05) is 0 Å². The standard InChI is InChI=1S/C16H14F6N2O2/c17-15(18,19)12-3-10(2-1-8(12)4-23)24-5-9-6-26-7-11(9)13(24)14(25)16(20,21)22/h1-3,9,11,13-14,25H,5-7H2/t9-,11+,13+,14-/m1/s1. The number of nitriles is 1. The number of benzene rings is 1. The van der Waals surface area contributed by atoms with Crippen LogP contribution < -0.4 is 4.90 Å². The first-order chi connectivity index (χ1) is 12.0. The molecule has 2 aliphatic rings. The molecule has 0 radical (unpaired) electrons. The number of aliphatic hydroxyl groups is 1. The highest BCUT2D eigenvalue weighted by atomic mass is 19.4. The zero-order valence-corrected chi connectivity index (χ0v) is 13.2. The Hall–Kier alpha value is -1.99. The molecule has 4 nitrogen and oxygen atoms in total. The van der Waals surface area contributed by atoms with Gasteiger partial charge in [0, 0.05) is 24.1 Å². The molecule has 0 spiro atoms. The highest BCUT2D eigenvalue weighted by Crippen LogP contribution is 2.44. The maximum atomic E-state index is 13.2. The van der Waals surface area contributed by atoms with Crippen molar-refractivity contribution >= 4 is 5.69 Å². The molecular formula is C16H14F6N2O2. The summed E-state index contributed by atoms with van der Waals surface area (Å²) in [5.74, 6) is -0.960. The predicted octanol–water partition coefficient (Wildman–Crippen LogP) is 2.95. The molecule has 26 heavy (non-hydrogen) atoms. The lowest BCUT2D eigenvalue weighted by molar-refractivity contribution is -0.212. The maximum Gasteiger partial charge on any atom is 0.417 e. The fourth-order valence-electron chi connectivity index (χ4n) is 3.70. The molecule has 2 aliphatic heterocycles. The minimum atomic E-state index is -4.92. The largest absolute Gasteiger partial charge is 0.417 e. The Labute approximate surface area is 144 Å². The second kappa shape index (κ2) is 6.32. The van der Waals surface area contributed by atoms with Gasteiger partial charge in [0.25, 0.3) is 0 Å². The van der Waals surface area contributed by atoms with Gasteiger partial charge in [0.1, 0.15) is 0 Å². The predicted molar refractivity (Wildman–Crippen MR) is 77.2 cm³/mol. The molecule has 0 aromatic heterocycles. The normalized spacial score (nSPS) is 27.3. The summed E-state index contributed by atoms with van der Waals surface area (Å²) in [6.07, 6.45) is -12.5. The summed E-state index contributed by atoms with van der Waals surface area (Å²) in [4.78, 5) is 1.15. The molecule has 1 N–H and O–H groups in total. The summed E-state index contributed by atoms with van der Waals surface area (Å²) >= 11 is 0. The van der Waals surface area contributed by atoms with Gasteiger partial charge in [0.15, 0.2) is 6.10 Å². The van der Waals surface area contributed by atoms with E-state index in [2.05, 4.69) is 0 Å². The van der Waals surface area contributed by atoms with Gasteiger partial charge in [0.05, 0.1) is 36.5 Å². The summed E-state index contributed by atoms with van der Waals surface area (Å²) in [7, 11) is 0. The van der Waals surface area contributed by atoms with Gasteiger partial charge in [0.2, 0.25) is 0 Å². The van der Waals surface area contributed by atoms with Crippen LogP contribution in [0.1, 0.15) is 11.1 Å². The molecule has 10 heteroatoms. The fourth-order valence-corrected chi connectivity index (χ4v) is 3.70. The van der Waals surface area contributed by atoms with Crippen LogP contribution in [0, 0.1) is 23.2 Å². The van der Waals surface area contributed by atoms with Gasteiger partial charge < -0.3 is 14.7 Å². The van der Waals surface area contributed by atoms with Gasteiger partial charge in [-0.2, -0.15) is 31.6 Å². The topological polar surface area (TPSA) is 56.5 Å². The monoisotopic (exact) mass is 380 g/mol. The van der Waals surface area contributed by atoms with Gasteiger partial charge in [-0.25, -0.2) is 0 Å². The number of anilines is 1. The Morgan fingerprint density at radius 1 is 1.19 bits per heavy atom. The van der Waals surface area contributed by atoms with Crippen molar-refractivity contribution in [2.24, 2.45) is 11.8 Å². The minimum absolute atomic E-state index is 0.00137. The number of aliphatic hydroxyl groups excluding tert-OH is 1. The Balaban J connectivity index is 2.03. The molecule has 2 heterocycles. The van der Waals surface area contributed by atoms with Gasteiger partial charge in [-0.05, 0) is 18.2 Å². The third kappa shape index (κ3) is 3.21. The van der Waals surface area contributed by atoms with Gasteiger partial charge >= 0.3 is 12.4 Å². The van der Waals surface area contributed by atoms with E-state index in [1.807, 2.05) is 0 Å². The fraction of sp³-hybridized carbons (Fsp3) is 0.562. The molecular weight excluding hydrogens is 366 g/mol. The number of nitrogens with zero attached hydrogens (tertiary/aromatic N) is 2. The van der Waals surface area contributed by atoms with E-state index >= 15 is 0 Å². The van der Waals surface area contributed by atoms with Crippen LogP contribution in [-0.2, 0) is 10.9 Å². The first kappa shape index (κ1) is 18.8. The van der Waals surface area contributed by atoms with Crippen LogP contribution in [0.4, 0.5) is 32.0 Å². The SMILES string of the molecule is N#Cc1ccc(N2C[C@@H]3COC[C@@H]3[C@H]2[C@@H](O)C(F)(F)F)cc1C(F)(F)F. The second-order valence-electron chi connectivity index (χ2n) is 6.43. The molecule has 4 atom stereocenters. The smallest absolute Gasteiger partial charge is 0.382 e. The summed E-state index contributed by atoms with van der Waals surface area (Å²) in [5, 5.41) is 18.6. The van der Waals surface area contributed by atoms with E-state index in [1.165, 1.54) is 12.1 Å². The van der Waals surface area contributed by atoms with E-state index in [1.54, 1.807) is 0 Å². The Morgan fingerprint density at radius 3 is 2.46 bits per heavy atom. The molecule has 0 saturated carbocycles.